The number of aromatic nitrogens is 5. The largest absolute Gasteiger partial charge is 0.464 e. The SMILES string of the molecule is CCc1c(C(=O)OC)nnn1Cc1nnc(C)o1. The first-order valence-electron chi connectivity index (χ1n) is 5.45. The van der Waals surface area contributed by atoms with Crippen LogP contribution < -0.4 is 0 Å². The summed E-state index contributed by atoms with van der Waals surface area (Å²) >= 11 is 0. The highest BCUT2D eigenvalue weighted by Gasteiger charge is 2.19. The summed E-state index contributed by atoms with van der Waals surface area (Å²) in [4.78, 5) is 11.5. The van der Waals surface area contributed by atoms with Gasteiger partial charge in [0.25, 0.3) is 0 Å². The van der Waals surface area contributed by atoms with Crippen LogP contribution >= 0.6 is 0 Å². The van der Waals surface area contributed by atoms with E-state index in [1.165, 1.54) is 7.11 Å². The number of nitrogens with zero attached hydrogens (tertiary/aromatic N) is 5. The van der Waals surface area contributed by atoms with Crippen molar-refractivity contribution in [2.75, 3.05) is 7.11 Å². The van der Waals surface area contributed by atoms with Gasteiger partial charge >= 0.3 is 5.97 Å². The Morgan fingerprint density at radius 3 is 2.72 bits per heavy atom. The standard InChI is InChI=1S/C10H13N5O3/c1-4-7-9(10(16)17-3)13-14-15(7)5-8-12-11-6(2)18-8/h4-5H2,1-3H3. The average Bonchev–Trinajstić information content (AvgIpc) is 2.95. The van der Waals surface area contributed by atoms with Crippen molar-refractivity contribution in [1.82, 2.24) is 25.2 Å². The van der Waals surface area contributed by atoms with Crippen LogP contribution in [-0.4, -0.2) is 38.3 Å². The lowest BCUT2D eigenvalue weighted by molar-refractivity contribution is 0.0592. The normalized spacial score (nSPS) is 10.6. The molecule has 0 N–H and O–H groups in total. The number of aryl methyl sites for hydroxylation is 1. The highest BCUT2D eigenvalue weighted by Crippen LogP contribution is 2.10. The highest BCUT2D eigenvalue weighted by atomic mass is 16.5. The van der Waals surface area contributed by atoms with Gasteiger partial charge in [0.05, 0.1) is 12.8 Å². The molecule has 0 aliphatic rings. The number of carbonyl (C=O) groups excluding carboxylic acids is 1. The second-order valence-electron chi connectivity index (χ2n) is 3.60. The first-order chi connectivity index (χ1) is 8.65. The molecule has 2 heterocycles. The van der Waals surface area contributed by atoms with E-state index < -0.39 is 5.97 Å². The van der Waals surface area contributed by atoms with Crippen molar-refractivity contribution in [3.63, 3.8) is 0 Å². The second kappa shape index (κ2) is 4.94. The first-order valence-corrected chi connectivity index (χ1v) is 5.45. The molecule has 8 nitrogen and oxygen atoms in total. The molecule has 2 rings (SSSR count). The van der Waals surface area contributed by atoms with Crippen molar-refractivity contribution in [2.45, 2.75) is 26.8 Å². The van der Waals surface area contributed by atoms with Crippen LogP contribution in [0.1, 0.15) is 34.9 Å². The van der Waals surface area contributed by atoms with Gasteiger partial charge < -0.3 is 9.15 Å². The Labute approximate surface area is 103 Å². The molecule has 0 atom stereocenters. The topological polar surface area (TPSA) is 95.9 Å². The van der Waals surface area contributed by atoms with E-state index in [0.29, 0.717) is 23.9 Å². The average molecular weight is 251 g/mol. The summed E-state index contributed by atoms with van der Waals surface area (Å²) in [6.07, 6.45) is 0.602. The van der Waals surface area contributed by atoms with Gasteiger partial charge in [-0.05, 0) is 6.42 Å². The number of esters is 1. The Morgan fingerprint density at radius 2 is 2.17 bits per heavy atom. The van der Waals surface area contributed by atoms with Gasteiger partial charge in [-0.1, -0.05) is 12.1 Å². The van der Waals surface area contributed by atoms with Crippen molar-refractivity contribution in [2.24, 2.45) is 0 Å². The molecule has 0 aromatic carbocycles. The van der Waals surface area contributed by atoms with Gasteiger partial charge in [-0.25, -0.2) is 9.48 Å². The predicted octanol–water partition coefficient (Wildman–Crippen LogP) is 0.367. The Kier molecular flexibility index (Phi) is 3.35. The summed E-state index contributed by atoms with van der Waals surface area (Å²) in [7, 11) is 1.31. The number of carbonyl (C=O) groups is 1. The molecule has 0 saturated heterocycles. The molecule has 0 spiro atoms. The van der Waals surface area contributed by atoms with Crippen LogP contribution in [0.25, 0.3) is 0 Å². The maximum atomic E-state index is 11.5. The van der Waals surface area contributed by atoms with Gasteiger partial charge in [-0.15, -0.1) is 15.3 Å². The molecule has 0 saturated carbocycles. The molecule has 0 aliphatic carbocycles. The Bertz CT molecular complexity index is 560. The van der Waals surface area contributed by atoms with Crippen molar-refractivity contribution >= 4 is 5.97 Å². The molecule has 2 aromatic rings. The van der Waals surface area contributed by atoms with E-state index in [1.807, 2.05) is 6.92 Å². The van der Waals surface area contributed by atoms with Crippen LogP contribution in [0.4, 0.5) is 0 Å². The van der Waals surface area contributed by atoms with Crippen molar-refractivity contribution in [3.05, 3.63) is 23.2 Å². The minimum absolute atomic E-state index is 0.219. The fourth-order valence-corrected chi connectivity index (χ4v) is 1.59. The minimum Gasteiger partial charge on any atom is -0.464 e. The van der Waals surface area contributed by atoms with Gasteiger partial charge in [0.1, 0.15) is 6.54 Å². The number of hydrogen-bond acceptors (Lipinski definition) is 7. The molecule has 0 aliphatic heterocycles. The third kappa shape index (κ3) is 2.22. The van der Waals surface area contributed by atoms with E-state index in [9.17, 15) is 4.79 Å². The lowest BCUT2D eigenvalue weighted by Gasteiger charge is -2.02. The maximum Gasteiger partial charge on any atom is 0.360 e. The van der Waals surface area contributed by atoms with Gasteiger partial charge in [-0.3, -0.25) is 0 Å². The zero-order valence-corrected chi connectivity index (χ0v) is 10.4. The monoisotopic (exact) mass is 251 g/mol. The number of rotatable bonds is 4. The summed E-state index contributed by atoms with van der Waals surface area (Å²) in [5.74, 6) is 0.402. The summed E-state index contributed by atoms with van der Waals surface area (Å²) in [6, 6.07) is 0. The Hall–Kier alpha value is -2.25. The number of methoxy groups -OCH3 is 1. The molecular weight excluding hydrogens is 238 g/mol. The highest BCUT2D eigenvalue weighted by molar-refractivity contribution is 5.88. The van der Waals surface area contributed by atoms with E-state index in [-0.39, 0.29) is 12.2 Å². The molecule has 0 unspecified atom stereocenters. The van der Waals surface area contributed by atoms with Gasteiger partial charge in [0, 0.05) is 6.92 Å². The Balaban J connectivity index is 2.28. The Morgan fingerprint density at radius 1 is 1.39 bits per heavy atom. The summed E-state index contributed by atoms with van der Waals surface area (Å²) in [5, 5.41) is 15.3. The van der Waals surface area contributed by atoms with Crippen LogP contribution in [0.5, 0.6) is 0 Å². The van der Waals surface area contributed by atoms with Gasteiger partial charge in [0.15, 0.2) is 5.69 Å². The molecule has 8 heteroatoms. The van der Waals surface area contributed by atoms with E-state index in [0.717, 1.165) is 0 Å². The summed E-state index contributed by atoms with van der Waals surface area (Å²) in [6.45, 7) is 3.90. The first kappa shape index (κ1) is 12.2. The molecular formula is C10H13N5O3. The van der Waals surface area contributed by atoms with E-state index >= 15 is 0 Å². The quantitative estimate of drug-likeness (QED) is 0.724. The zero-order valence-electron chi connectivity index (χ0n) is 10.4. The summed E-state index contributed by atoms with van der Waals surface area (Å²) in [5.41, 5.74) is 0.897. The fraction of sp³-hybridized carbons (Fsp3) is 0.500. The maximum absolute atomic E-state index is 11.5. The predicted molar refractivity (Wildman–Crippen MR) is 58.9 cm³/mol. The van der Waals surface area contributed by atoms with E-state index in [2.05, 4.69) is 25.2 Å². The zero-order chi connectivity index (χ0) is 13.1. The van der Waals surface area contributed by atoms with Crippen LogP contribution in [0.15, 0.2) is 4.42 Å². The number of ether oxygens (including phenoxy) is 1. The fourth-order valence-electron chi connectivity index (χ4n) is 1.59. The molecule has 0 bridgehead atoms. The molecule has 18 heavy (non-hydrogen) atoms. The van der Waals surface area contributed by atoms with Gasteiger partial charge in [0.2, 0.25) is 11.8 Å². The molecule has 0 radical (unpaired) electrons. The lowest BCUT2D eigenvalue weighted by atomic mass is 10.2. The third-order valence-electron chi connectivity index (χ3n) is 2.40. The van der Waals surface area contributed by atoms with Crippen LogP contribution in [0.2, 0.25) is 0 Å². The van der Waals surface area contributed by atoms with Gasteiger partial charge in [-0.2, -0.15) is 0 Å². The van der Waals surface area contributed by atoms with Crippen LogP contribution in [0.3, 0.4) is 0 Å². The number of hydrogen-bond donors (Lipinski definition) is 0. The van der Waals surface area contributed by atoms with Crippen LogP contribution in [-0.2, 0) is 17.7 Å². The second-order valence-corrected chi connectivity index (χ2v) is 3.60. The van der Waals surface area contributed by atoms with Crippen molar-refractivity contribution in [3.8, 4) is 0 Å². The molecule has 96 valence electrons. The van der Waals surface area contributed by atoms with Crippen molar-refractivity contribution in [1.29, 1.82) is 0 Å². The summed E-state index contributed by atoms with van der Waals surface area (Å²) < 4.78 is 11.5. The molecule has 0 amide bonds. The lowest BCUT2D eigenvalue weighted by Crippen LogP contribution is -2.10. The minimum atomic E-state index is -0.500. The smallest absolute Gasteiger partial charge is 0.360 e. The third-order valence-corrected chi connectivity index (χ3v) is 2.40. The van der Waals surface area contributed by atoms with E-state index in [4.69, 9.17) is 4.42 Å². The van der Waals surface area contributed by atoms with Crippen molar-refractivity contribution < 1.29 is 13.9 Å². The molecule has 2 aromatic heterocycles. The van der Waals surface area contributed by atoms with E-state index in [1.54, 1.807) is 11.6 Å². The molecule has 0 fully saturated rings. The van der Waals surface area contributed by atoms with Crippen LogP contribution in [0, 0.1) is 6.92 Å².